The number of unbranched alkanes of at least 4 members (excludes halogenated alkanes) is 2. The summed E-state index contributed by atoms with van der Waals surface area (Å²) < 4.78 is 11.8. The summed E-state index contributed by atoms with van der Waals surface area (Å²) in [7, 11) is 3.92. The van der Waals surface area contributed by atoms with E-state index in [1.165, 1.54) is 47.2 Å². The second-order valence-corrected chi connectivity index (χ2v) is 11.1. The van der Waals surface area contributed by atoms with Crippen molar-refractivity contribution in [3.8, 4) is 11.5 Å². The Balaban J connectivity index is 1.41. The number of methoxy groups -OCH3 is 1. The Morgan fingerprint density at radius 3 is 2.65 bits per heavy atom. The number of fused-ring (bicyclic) bond motifs is 1. The Hall–Kier alpha value is -3.18. The minimum absolute atomic E-state index is 0.363. The van der Waals surface area contributed by atoms with Crippen molar-refractivity contribution in [3.05, 3.63) is 88.7 Å². The van der Waals surface area contributed by atoms with Crippen LogP contribution in [0.2, 0.25) is 0 Å². The van der Waals surface area contributed by atoms with Gasteiger partial charge in [-0.2, -0.15) is 0 Å². The molecule has 0 heterocycles. The number of rotatable bonds is 14. The van der Waals surface area contributed by atoms with Crippen molar-refractivity contribution < 1.29 is 14.6 Å². The molecule has 2 aliphatic carbocycles. The van der Waals surface area contributed by atoms with Crippen LogP contribution in [-0.4, -0.2) is 56.9 Å². The highest BCUT2D eigenvalue weighted by atomic mass is 16.5. The zero-order valence-corrected chi connectivity index (χ0v) is 25.0. The number of phenolic OH excluding ortho intramolecular Hbond substituents is 1. The molecule has 0 aliphatic heterocycles. The van der Waals surface area contributed by atoms with Gasteiger partial charge in [-0.15, -0.1) is 0 Å². The van der Waals surface area contributed by atoms with E-state index in [0.29, 0.717) is 18.3 Å². The lowest BCUT2D eigenvalue weighted by Crippen LogP contribution is -2.27. The molecule has 0 bridgehead atoms. The van der Waals surface area contributed by atoms with E-state index < -0.39 is 0 Å². The van der Waals surface area contributed by atoms with Crippen LogP contribution in [0.1, 0.15) is 68.6 Å². The number of benzene rings is 2. The van der Waals surface area contributed by atoms with Gasteiger partial charge in [0.15, 0.2) is 0 Å². The summed E-state index contributed by atoms with van der Waals surface area (Å²) in [6.07, 6.45) is 16.6. The Morgan fingerprint density at radius 1 is 0.975 bits per heavy atom. The van der Waals surface area contributed by atoms with E-state index in [1.54, 1.807) is 7.11 Å². The summed E-state index contributed by atoms with van der Waals surface area (Å²) in [5.41, 5.74) is 6.56. The molecule has 216 valence electrons. The molecule has 2 aromatic rings. The molecule has 40 heavy (non-hydrogen) atoms. The van der Waals surface area contributed by atoms with Gasteiger partial charge in [-0.3, -0.25) is 0 Å². The smallest absolute Gasteiger partial charge is 0.120 e. The number of phenols is 1. The first kappa shape index (κ1) is 29.8. The maximum atomic E-state index is 9.93. The van der Waals surface area contributed by atoms with Crippen LogP contribution in [0.25, 0.3) is 0 Å². The standard InChI is InChI=1S/C35H48N2O3/c1-5-7-8-20-36(3)21-22-40-32-11-9-10-27(12-17-32)26-37(6-2)35-25-33(39-4)18-19-34(35)30-14-13-29-24-31(38)16-15-28(29)23-30/h10-12,15-19,24-25,30,38H,5-9,13-14,20-23,26H2,1-4H3/t30-/m0/s1. The fraction of sp³-hybridized carbons (Fsp3) is 0.486. The molecule has 0 unspecified atom stereocenters. The molecule has 0 aromatic heterocycles. The van der Waals surface area contributed by atoms with Crippen LogP contribution in [0.15, 0.2) is 72.0 Å². The first-order valence-corrected chi connectivity index (χ1v) is 15.1. The SMILES string of the molecule is CCCCCN(C)CCOC1=CCC=C(CN(CC)c2cc(OC)ccc2[C@H]2CCc3cc(O)ccc3C2)C=C1. The molecule has 0 saturated carbocycles. The largest absolute Gasteiger partial charge is 0.508 e. The van der Waals surface area contributed by atoms with E-state index in [1.807, 2.05) is 12.1 Å². The van der Waals surface area contributed by atoms with E-state index in [-0.39, 0.29) is 0 Å². The number of allylic oxidation sites excluding steroid dienone is 3. The van der Waals surface area contributed by atoms with E-state index in [4.69, 9.17) is 9.47 Å². The lowest BCUT2D eigenvalue weighted by molar-refractivity contribution is 0.178. The van der Waals surface area contributed by atoms with Crippen molar-refractivity contribution in [2.45, 2.75) is 64.7 Å². The van der Waals surface area contributed by atoms with Gasteiger partial charge in [0.2, 0.25) is 0 Å². The number of aromatic hydroxyl groups is 1. The molecule has 0 saturated heterocycles. The minimum atomic E-state index is 0.363. The summed E-state index contributed by atoms with van der Waals surface area (Å²) in [4.78, 5) is 4.83. The second-order valence-electron chi connectivity index (χ2n) is 11.1. The van der Waals surface area contributed by atoms with Gasteiger partial charge in [0.1, 0.15) is 23.9 Å². The molecule has 2 aromatic carbocycles. The molecule has 2 aliphatic rings. The summed E-state index contributed by atoms with van der Waals surface area (Å²) >= 11 is 0. The molecular formula is C35H48N2O3. The first-order chi connectivity index (χ1) is 19.5. The van der Waals surface area contributed by atoms with Crippen LogP contribution in [-0.2, 0) is 17.6 Å². The van der Waals surface area contributed by atoms with Crippen LogP contribution in [0.4, 0.5) is 5.69 Å². The van der Waals surface area contributed by atoms with E-state index >= 15 is 0 Å². The van der Waals surface area contributed by atoms with Gasteiger partial charge in [0, 0.05) is 31.4 Å². The number of likely N-dealkylation sites (N-methyl/N-ethyl adjacent to an activating group) is 2. The Morgan fingerprint density at radius 2 is 1.85 bits per heavy atom. The Bertz CT molecular complexity index is 1200. The quantitative estimate of drug-likeness (QED) is 0.251. The lowest BCUT2D eigenvalue weighted by Gasteiger charge is -2.32. The third-order valence-electron chi connectivity index (χ3n) is 8.24. The van der Waals surface area contributed by atoms with E-state index in [2.05, 4.69) is 79.3 Å². The maximum absolute atomic E-state index is 9.93. The van der Waals surface area contributed by atoms with Crippen molar-refractivity contribution in [1.82, 2.24) is 4.90 Å². The summed E-state index contributed by atoms with van der Waals surface area (Å²) in [5, 5.41) is 9.93. The predicted molar refractivity (Wildman–Crippen MR) is 167 cm³/mol. The van der Waals surface area contributed by atoms with Gasteiger partial charge in [-0.05, 0) is 111 Å². The average molecular weight is 545 g/mol. The third-order valence-corrected chi connectivity index (χ3v) is 8.24. The number of hydrogen-bond acceptors (Lipinski definition) is 5. The Labute approximate surface area is 241 Å². The molecule has 0 fully saturated rings. The van der Waals surface area contributed by atoms with Gasteiger partial charge in [-0.1, -0.05) is 44.1 Å². The highest BCUT2D eigenvalue weighted by Crippen LogP contribution is 2.40. The van der Waals surface area contributed by atoms with Crippen LogP contribution in [0.5, 0.6) is 11.5 Å². The molecule has 5 nitrogen and oxygen atoms in total. The van der Waals surface area contributed by atoms with Crippen molar-refractivity contribution >= 4 is 5.69 Å². The molecular weight excluding hydrogens is 496 g/mol. The first-order valence-electron chi connectivity index (χ1n) is 15.1. The summed E-state index contributed by atoms with van der Waals surface area (Å²) in [6.45, 7) is 9.02. The Kier molecular flexibility index (Phi) is 11.2. The minimum Gasteiger partial charge on any atom is -0.508 e. The third kappa shape index (κ3) is 8.17. The lowest BCUT2D eigenvalue weighted by atomic mass is 9.79. The summed E-state index contributed by atoms with van der Waals surface area (Å²) in [5.74, 6) is 2.65. The summed E-state index contributed by atoms with van der Waals surface area (Å²) in [6, 6.07) is 12.4. The van der Waals surface area contributed by atoms with Gasteiger partial charge in [0.05, 0.1) is 7.11 Å². The molecule has 0 spiro atoms. The number of hydrogen-bond donors (Lipinski definition) is 1. The highest BCUT2D eigenvalue weighted by Gasteiger charge is 2.25. The number of nitrogens with zero attached hydrogens (tertiary/aromatic N) is 2. The van der Waals surface area contributed by atoms with E-state index in [9.17, 15) is 5.11 Å². The van der Waals surface area contributed by atoms with Crippen molar-refractivity contribution in [2.24, 2.45) is 0 Å². The van der Waals surface area contributed by atoms with Gasteiger partial charge in [0.25, 0.3) is 0 Å². The average Bonchev–Trinajstić information content (AvgIpc) is 3.20. The normalized spacial score (nSPS) is 16.7. The van der Waals surface area contributed by atoms with Gasteiger partial charge < -0.3 is 24.4 Å². The molecule has 5 heteroatoms. The van der Waals surface area contributed by atoms with Crippen LogP contribution >= 0.6 is 0 Å². The number of ether oxygens (including phenoxy) is 2. The highest BCUT2D eigenvalue weighted by molar-refractivity contribution is 5.60. The molecule has 0 amide bonds. The fourth-order valence-corrected chi connectivity index (χ4v) is 5.80. The molecule has 4 rings (SSSR count). The monoisotopic (exact) mass is 544 g/mol. The van der Waals surface area contributed by atoms with Gasteiger partial charge >= 0.3 is 0 Å². The van der Waals surface area contributed by atoms with E-state index in [0.717, 1.165) is 63.4 Å². The molecule has 0 radical (unpaired) electrons. The zero-order valence-electron chi connectivity index (χ0n) is 25.0. The molecule has 1 N–H and O–H groups in total. The number of aryl methyl sites for hydroxylation is 1. The maximum Gasteiger partial charge on any atom is 0.120 e. The topological polar surface area (TPSA) is 45.2 Å². The molecule has 1 atom stereocenters. The van der Waals surface area contributed by atoms with Crippen molar-refractivity contribution in [3.63, 3.8) is 0 Å². The van der Waals surface area contributed by atoms with Crippen molar-refractivity contribution in [2.75, 3.05) is 51.8 Å². The zero-order chi connectivity index (χ0) is 28.3. The number of anilines is 1. The van der Waals surface area contributed by atoms with Crippen molar-refractivity contribution in [1.29, 1.82) is 0 Å². The van der Waals surface area contributed by atoms with Crippen LogP contribution in [0.3, 0.4) is 0 Å². The van der Waals surface area contributed by atoms with Crippen LogP contribution in [0, 0.1) is 0 Å². The predicted octanol–water partition coefficient (Wildman–Crippen LogP) is 7.41. The second kappa shape index (κ2) is 15.0. The fourth-order valence-electron chi connectivity index (χ4n) is 5.80. The van der Waals surface area contributed by atoms with Gasteiger partial charge in [-0.25, -0.2) is 0 Å². The van der Waals surface area contributed by atoms with Crippen LogP contribution < -0.4 is 9.64 Å².